The quantitative estimate of drug-likeness (QED) is 0.347. The highest BCUT2D eigenvalue weighted by molar-refractivity contribution is 6.07. The number of imide groups is 1. The van der Waals surface area contributed by atoms with Crippen molar-refractivity contribution in [2.75, 3.05) is 0 Å². The Morgan fingerprint density at radius 2 is 1.61 bits per heavy atom. The zero-order valence-electron chi connectivity index (χ0n) is 18.5. The number of carbonyl (C=O) groups is 2. The molecule has 5 heteroatoms. The highest BCUT2D eigenvalue weighted by atomic mass is 16.2. The fourth-order valence-electron chi connectivity index (χ4n) is 6.65. The zero-order chi connectivity index (χ0) is 22.3. The summed E-state index contributed by atoms with van der Waals surface area (Å²) in [5, 5.41) is 6.70. The van der Waals surface area contributed by atoms with Gasteiger partial charge in [0.05, 0.1) is 18.1 Å². The van der Waals surface area contributed by atoms with Gasteiger partial charge in [0.25, 0.3) is 11.8 Å². The Hall–Kier alpha value is -3.47. The van der Waals surface area contributed by atoms with Gasteiger partial charge in [-0.2, -0.15) is 10.1 Å². The van der Waals surface area contributed by atoms with Crippen LogP contribution in [0.15, 0.2) is 72.0 Å². The van der Waals surface area contributed by atoms with E-state index in [1.54, 1.807) is 6.21 Å². The number of hydrogen-bond donors (Lipinski definition) is 0. The van der Waals surface area contributed by atoms with Crippen LogP contribution >= 0.6 is 0 Å². The number of hydrogen-bond acceptors (Lipinski definition) is 3. The summed E-state index contributed by atoms with van der Waals surface area (Å²) < 4.78 is 2.21. The standard InChI is InChI=1S/C28H25N3O2/c1-16-6-2-3-7-17(16)14-30-15-18(19-8-4-5-9-24(19)30)13-29-31-27(32)25-20-10-11-21(23-12-22(20)23)26(25)28(31)33/h2-11,13,15,20-23,25-26H,12,14H2,1H3/b29-13+. The lowest BCUT2D eigenvalue weighted by molar-refractivity contribution is -0.140. The number of hydrazone groups is 1. The third kappa shape index (κ3) is 2.68. The van der Waals surface area contributed by atoms with Crippen molar-refractivity contribution < 1.29 is 9.59 Å². The summed E-state index contributed by atoms with van der Waals surface area (Å²) in [4.78, 5) is 26.5. The predicted molar refractivity (Wildman–Crippen MR) is 126 cm³/mol. The molecular weight excluding hydrogens is 410 g/mol. The van der Waals surface area contributed by atoms with Crippen molar-refractivity contribution in [3.05, 3.63) is 83.6 Å². The number of fused-ring (bicyclic) bond motifs is 1. The third-order valence-electron chi connectivity index (χ3n) is 8.37. The maximum absolute atomic E-state index is 13.2. The molecule has 3 aromatic rings. The number of rotatable bonds is 4. The second-order valence-electron chi connectivity index (χ2n) is 10.0. The van der Waals surface area contributed by atoms with Gasteiger partial charge < -0.3 is 4.57 Å². The van der Waals surface area contributed by atoms with Crippen molar-refractivity contribution in [1.29, 1.82) is 0 Å². The maximum Gasteiger partial charge on any atom is 0.254 e. The van der Waals surface area contributed by atoms with E-state index in [0.717, 1.165) is 23.0 Å². The first-order chi connectivity index (χ1) is 16.1. The highest BCUT2D eigenvalue weighted by Gasteiger charge is 2.67. The number of aryl methyl sites for hydroxylation is 1. The van der Waals surface area contributed by atoms with Crippen LogP contribution in [0, 0.1) is 42.4 Å². The molecule has 0 radical (unpaired) electrons. The molecule has 2 heterocycles. The number of allylic oxidation sites excluding steroid dienone is 2. The average Bonchev–Trinajstić information content (AvgIpc) is 3.54. The van der Waals surface area contributed by atoms with Gasteiger partial charge in [-0.1, -0.05) is 54.6 Å². The van der Waals surface area contributed by atoms with Gasteiger partial charge in [0.2, 0.25) is 0 Å². The van der Waals surface area contributed by atoms with Gasteiger partial charge >= 0.3 is 0 Å². The van der Waals surface area contributed by atoms with E-state index in [1.165, 1.54) is 22.6 Å². The van der Waals surface area contributed by atoms with Crippen molar-refractivity contribution >= 4 is 28.9 Å². The molecule has 6 atom stereocenters. The Kier molecular flexibility index (Phi) is 3.90. The van der Waals surface area contributed by atoms with Crippen LogP contribution in [0.1, 0.15) is 23.1 Å². The Morgan fingerprint density at radius 1 is 0.939 bits per heavy atom. The van der Waals surface area contributed by atoms with Crippen LogP contribution < -0.4 is 0 Å². The van der Waals surface area contributed by atoms with Crippen LogP contribution in [-0.2, 0) is 16.1 Å². The topological polar surface area (TPSA) is 54.7 Å². The molecule has 5 nitrogen and oxygen atoms in total. The minimum Gasteiger partial charge on any atom is -0.342 e. The summed E-state index contributed by atoms with van der Waals surface area (Å²) in [7, 11) is 0. The molecule has 2 amide bonds. The van der Waals surface area contributed by atoms with Crippen LogP contribution in [-0.4, -0.2) is 27.6 Å². The van der Waals surface area contributed by atoms with Crippen LogP contribution in [0.3, 0.4) is 0 Å². The first-order valence-electron chi connectivity index (χ1n) is 11.8. The number of nitrogens with zero attached hydrogens (tertiary/aromatic N) is 3. The molecule has 8 rings (SSSR count). The maximum atomic E-state index is 13.2. The largest absolute Gasteiger partial charge is 0.342 e. The van der Waals surface area contributed by atoms with E-state index >= 15 is 0 Å². The van der Waals surface area contributed by atoms with Crippen LogP contribution in [0.2, 0.25) is 0 Å². The van der Waals surface area contributed by atoms with Crippen molar-refractivity contribution in [3.8, 4) is 0 Å². The van der Waals surface area contributed by atoms with E-state index in [2.05, 4.69) is 71.3 Å². The summed E-state index contributed by atoms with van der Waals surface area (Å²) in [5.74, 6) is 0.980. The van der Waals surface area contributed by atoms with Crippen LogP contribution in [0.4, 0.5) is 0 Å². The molecule has 4 aliphatic carbocycles. The Bertz CT molecular complexity index is 1350. The fourth-order valence-corrected chi connectivity index (χ4v) is 6.65. The summed E-state index contributed by atoms with van der Waals surface area (Å²) in [6.45, 7) is 2.88. The Morgan fingerprint density at radius 3 is 2.33 bits per heavy atom. The molecule has 3 fully saturated rings. The van der Waals surface area contributed by atoms with Gasteiger partial charge in [0.15, 0.2) is 0 Å². The van der Waals surface area contributed by atoms with E-state index in [1.807, 2.05) is 12.1 Å². The van der Waals surface area contributed by atoms with Crippen LogP contribution in [0.5, 0.6) is 0 Å². The minimum absolute atomic E-state index is 0.116. The first-order valence-corrected chi connectivity index (χ1v) is 11.8. The van der Waals surface area contributed by atoms with E-state index in [4.69, 9.17) is 0 Å². The molecular formula is C28H25N3O2. The zero-order valence-corrected chi connectivity index (χ0v) is 18.5. The first kappa shape index (κ1) is 19.0. The molecule has 6 unspecified atom stereocenters. The SMILES string of the molecule is Cc1ccccc1Cn1cc(/C=N/N2C(=O)C3C4C=CC(C5CC45)C3C2=O)c2ccccc21. The molecule has 2 aromatic carbocycles. The van der Waals surface area contributed by atoms with E-state index in [9.17, 15) is 9.59 Å². The molecule has 164 valence electrons. The molecule has 0 spiro atoms. The molecule has 2 bridgehead atoms. The van der Waals surface area contributed by atoms with Gasteiger partial charge in [-0.15, -0.1) is 0 Å². The molecule has 1 aliphatic heterocycles. The van der Waals surface area contributed by atoms with E-state index in [-0.39, 0.29) is 35.5 Å². The molecule has 1 saturated heterocycles. The van der Waals surface area contributed by atoms with Crippen molar-refractivity contribution in [3.63, 3.8) is 0 Å². The summed E-state index contributed by atoms with van der Waals surface area (Å²) in [6.07, 6.45) is 9.31. The van der Waals surface area contributed by atoms with Crippen molar-refractivity contribution in [2.45, 2.75) is 19.9 Å². The summed E-state index contributed by atoms with van der Waals surface area (Å²) in [6, 6.07) is 16.6. The minimum atomic E-state index is -0.212. The van der Waals surface area contributed by atoms with Crippen molar-refractivity contribution in [1.82, 2.24) is 9.58 Å². The summed E-state index contributed by atoms with van der Waals surface area (Å²) in [5.41, 5.74) is 4.54. The average molecular weight is 436 g/mol. The van der Waals surface area contributed by atoms with E-state index in [0.29, 0.717) is 11.8 Å². The number of carbonyl (C=O) groups excluding carboxylic acids is 2. The Balaban J connectivity index is 1.22. The summed E-state index contributed by atoms with van der Waals surface area (Å²) >= 11 is 0. The molecule has 2 saturated carbocycles. The van der Waals surface area contributed by atoms with Gasteiger partial charge in [-0.05, 0) is 54.2 Å². The van der Waals surface area contributed by atoms with E-state index < -0.39 is 0 Å². The Labute approximate surface area is 192 Å². The van der Waals surface area contributed by atoms with Crippen molar-refractivity contribution in [2.24, 2.45) is 40.6 Å². The van der Waals surface area contributed by atoms with Gasteiger partial charge in [0.1, 0.15) is 0 Å². The second kappa shape index (κ2) is 6.77. The van der Waals surface area contributed by atoms with Gasteiger partial charge in [-0.3, -0.25) is 9.59 Å². The number of para-hydroxylation sites is 1. The predicted octanol–water partition coefficient (Wildman–Crippen LogP) is 4.39. The molecule has 0 N–H and O–H groups in total. The van der Waals surface area contributed by atoms with Gasteiger partial charge in [-0.25, -0.2) is 0 Å². The number of aromatic nitrogens is 1. The lowest BCUT2D eigenvalue weighted by Crippen LogP contribution is -2.40. The number of amides is 2. The normalized spacial score (nSPS) is 31.6. The molecule has 5 aliphatic rings. The lowest BCUT2D eigenvalue weighted by Gasteiger charge is -2.37. The molecule has 1 aromatic heterocycles. The van der Waals surface area contributed by atoms with Gasteiger partial charge in [0, 0.05) is 29.2 Å². The number of benzene rings is 2. The lowest BCUT2D eigenvalue weighted by atomic mass is 9.63. The fraction of sp³-hybridized carbons (Fsp3) is 0.321. The molecule has 33 heavy (non-hydrogen) atoms. The third-order valence-corrected chi connectivity index (χ3v) is 8.37. The van der Waals surface area contributed by atoms with Crippen LogP contribution in [0.25, 0.3) is 10.9 Å². The highest BCUT2D eigenvalue weighted by Crippen LogP contribution is 2.65. The monoisotopic (exact) mass is 435 g/mol. The smallest absolute Gasteiger partial charge is 0.254 e. The second-order valence-corrected chi connectivity index (χ2v) is 10.0.